The predicted octanol–water partition coefficient (Wildman–Crippen LogP) is 4.01. The molecule has 1 aromatic carbocycles. The minimum absolute atomic E-state index is 0.179. The minimum atomic E-state index is -0.179. The van der Waals surface area contributed by atoms with E-state index in [1.807, 2.05) is 32.0 Å². The maximum atomic E-state index is 12.0. The molecule has 0 aromatic heterocycles. The van der Waals surface area contributed by atoms with Crippen molar-refractivity contribution in [2.75, 3.05) is 0 Å². The highest BCUT2D eigenvalue weighted by Crippen LogP contribution is 2.28. The highest BCUT2D eigenvalue weighted by Gasteiger charge is 2.20. The van der Waals surface area contributed by atoms with Gasteiger partial charge in [0.15, 0.2) is 0 Å². The van der Waals surface area contributed by atoms with Crippen LogP contribution in [0, 0.1) is 10.5 Å². The molecule has 17 heavy (non-hydrogen) atoms. The van der Waals surface area contributed by atoms with Crippen molar-refractivity contribution < 1.29 is 9.53 Å². The molecule has 0 spiro atoms. The maximum Gasteiger partial charge on any atom is 0.339 e. The van der Waals surface area contributed by atoms with E-state index in [1.54, 1.807) is 0 Å². The van der Waals surface area contributed by atoms with E-state index in [1.165, 1.54) is 11.1 Å². The van der Waals surface area contributed by atoms with Gasteiger partial charge < -0.3 is 4.74 Å². The van der Waals surface area contributed by atoms with Gasteiger partial charge in [-0.25, -0.2) is 4.79 Å². The lowest BCUT2D eigenvalue weighted by Gasteiger charge is -2.08. The molecule has 1 aliphatic carbocycles. The predicted molar refractivity (Wildman–Crippen MR) is 76.1 cm³/mol. The van der Waals surface area contributed by atoms with Crippen LogP contribution in [0.15, 0.2) is 29.3 Å². The molecule has 0 bridgehead atoms. The first-order valence-corrected chi connectivity index (χ1v) is 6.83. The zero-order chi connectivity index (χ0) is 12.4. The number of allylic oxidation sites excluding steroid dienone is 1. The van der Waals surface area contributed by atoms with E-state index >= 15 is 0 Å². The van der Waals surface area contributed by atoms with E-state index in [2.05, 4.69) is 22.6 Å². The summed E-state index contributed by atoms with van der Waals surface area (Å²) in [5, 5.41) is 0. The molecule has 0 heterocycles. The number of halogens is 1. The van der Waals surface area contributed by atoms with E-state index in [0.717, 1.165) is 28.4 Å². The molecule has 90 valence electrons. The summed E-state index contributed by atoms with van der Waals surface area (Å²) in [5.41, 5.74) is 3.21. The molecule has 0 fully saturated rings. The lowest BCUT2D eigenvalue weighted by molar-refractivity contribution is -0.130. The third-order valence-electron chi connectivity index (χ3n) is 3.03. The van der Waals surface area contributed by atoms with Crippen LogP contribution in [0.4, 0.5) is 0 Å². The Labute approximate surface area is 115 Å². The average molecular weight is 342 g/mol. The van der Waals surface area contributed by atoms with Crippen LogP contribution in [0.1, 0.15) is 31.7 Å². The topological polar surface area (TPSA) is 26.3 Å². The Morgan fingerprint density at radius 2 is 2.06 bits per heavy atom. The highest BCUT2D eigenvalue weighted by molar-refractivity contribution is 14.1. The van der Waals surface area contributed by atoms with E-state index < -0.39 is 0 Å². The molecule has 1 aliphatic rings. The van der Waals surface area contributed by atoms with Crippen LogP contribution in [-0.2, 0) is 4.79 Å². The van der Waals surface area contributed by atoms with Gasteiger partial charge in [0.05, 0.1) is 3.57 Å². The quantitative estimate of drug-likeness (QED) is 0.461. The fraction of sp³-hybridized carbons (Fsp3) is 0.357. The Kier molecular flexibility index (Phi) is 3.86. The molecule has 0 amide bonds. The Hall–Kier alpha value is -0.840. The second kappa shape index (κ2) is 5.21. The number of carbonyl (C=O) groups is 1. The number of esters is 1. The Morgan fingerprint density at radius 3 is 2.65 bits per heavy atom. The van der Waals surface area contributed by atoms with Gasteiger partial charge >= 0.3 is 5.97 Å². The standard InChI is InChI=1S/C14H15IO2/c1-9-6-7-13(12(15)8-9)17-14(16)11-5-3-4-10(11)2/h6-8H,3-5H2,1-2H3. The minimum Gasteiger partial charge on any atom is -0.422 e. The number of aryl methyl sites for hydroxylation is 1. The summed E-state index contributed by atoms with van der Waals surface area (Å²) in [6, 6.07) is 5.83. The van der Waals surface area contributed by atoms with Gasteiger partial charge in [-0.15, -0.1) is 0 Å². The smallest absolute Gasteiger partial charge is 0.339 e. The van der Waals surface area contributed by atoms with Crippen LogP contribution in [0.5, 0.6) is 5.75 Å². The van der Waals surface area contributed by atoms with Gasteiger partial charge in [0.25, 0.3) is 0 Å². The van der Waals surface area contributed by atoms with Crippen LogP contribution in [0.25, 0.3) is 0 Å². The van der Waals surface area contributed by atoms with E-state index in [4.69, 9.17) is 4.74 Å². The number of hydrogen-bond acceptors (Lipinski definition) is 2. The third-order valence-corrected chi connectivity index (χ3v) is 3.87. The molecular weight excluding hydrogens is 327 g/mol. The van der Waals surface area contributed by atoms with Gasteiger partial charge in [-0.3, -0.25) is 0 Å². The summed E-state index contributed by atoms with van der Waals surface area (Å²) in [6.07, 6.45) is 2.95. The van der Waals surface area contributed by atoms with Crippen LogP contribution in [0.2, 0.25) is 0 Å². The Bertz CT molecular complexity index is 489. The van der Waals surface area contributed by atoms with Gasteiger partial charge in [-0.2, -0.15) is 0 Å². The third kappa shape index (κ3) is 2.89. The largest absolute Gasteiger partial charge is 0.422 e. The Balaban J connectivity index is 2.16. The van der Waals surface area contributed by atoms with Crippen molar-refractivity contribution in [3.63, 3.8) is 0 Å². The van der Waals surface area contributed by atoms with E-state index in [0.29, 0.717) is 5.75 Å². The van der Waals surface area contributed by atoms with Crippen molar-refractivity contribution in [1.29, 1.82) is 0 Å². The Morgan fingerprint density at radius 1 is 1.29 bits per heavy atom. The van der Waals surface area contributed by atoms with Crippen LogP contribution < -0.4 is 4.74 Å². The first-order valence-electron chi connectivity index (χ1n) is 5.75. The summed E-state index contributed by atoms with van der Waals surface area (Å²) in [4.78, 5) is 12.0. The van der Waals surface area contributed by atoms with E-state index in [9.17, 15) is 4.79 Å². The fourth-order valence-corrected chi connectivity index (χ4v) is 2.80. The summed E-state index contributed by atoms with van der Waals surface area (Å²) >= 11 is 2.19. The zero-order valence-corrected chi connectivity index (χ0v) is 12.2. The summed E-state index contributed by atoms with van der Waals surface area (Å²) < 4.78 is 6.43. The molecule has 0 saturated heterocycles. The molecular formula is C14H15IO2. The van der Waals surface area contributed by atoms with Gasteiger partial charge in [-0.05, 0) is 73.4 Å². The van der Waals surface area contributed by atoms with Crippen molar-refractivity contribution in [3.8, 4) is 5.75 Å². The number of ether oxygens (including phenoxy) is 1. The SMILES string of the molecule is CC1=C(C(=O)Oc2ccc(C)cc2I)CCC1. The van der Waals surface area contributed by atoms with E-state index in [-0.39, 0.29) is 5.97 Å². The number of carbonyl (C=O) groups excluding carboxylic acids is 1. The monoisotopic (exact) mass is 342 g/mol. The molecule has 0 radical (unpaired) electrons. The molecule has 0 N–H and O–H groups in total. The van der Waals surface area contributed by atoms with Crippen molar-refractivity contribution in [3.05, 3.63) is 38.5 Å². The van der Waals surface area contributed by atoms with Gasteiger partial charge in [-0.1, -0.05) is 11.6 Å². The molecule has 2 nitrogen and oxygen atoms in total. The van der Waals surface area contributed by atoms with Crippen molar-refractivity contribution in [2.24, 2.45) is 0 Å². The van der Waals surface area contributed by atoms with Crippen LogP contribution in [-0.4, -0.2) is 5.97 Å². The average Bonchev–Trinajstić information content (AvgIpc) is 2.68. The van der Waals surface area contributed by atoms with Crippen LogP contribution >= 0.6 is 22.6 Å². The molecule has 0 unspecified atom stereocenters. The van der Waals surface area contributed by atoms with Crippen LogP contribution in [0.3, 0.4) is 0 Å². The highest BCUT2D eigenvalue weighted by atomic mass is 127. The van der Waals surface area contributed by atoms with Gasteiger partial charge in [0, 0.05) is 5.57 Å². The first kappa shape index (κ1) is 12.6. The molecule has 2 rings (SSSR count). The number of benzene rings is 1. The van der Waals surface area contributed by atoms with Gasteiger partial charge in [0.1, 0.15) is 5.75 Å². The number of hydrogen-bond donors (Lipinski definition) is 0. The molecule has 0 atom stereocenters. The second-order valence-electron chi connectivity index (χ2n) is 4.44. The number of rotatable bonds is 2. The van der Waals surface area contributed by atoms with Crippen molar-refractivity contribution >= 4 is 28.6 Å². The summed E-state index contributed by atoms with van der Waals surface area (Å²) in [7, 11) is 0. The summed E-state index contributed by atoms with van der Waals surface area (Å²) in [5.74, 6) is 0.482. The van der Waals surface area contributed by atoms with Crippen molar-refractivity contribution in [1.82, 2.24) is 0 Å². The normalized spacial score (nSPS) is 15.2. The fourth-order valence-electron chi connectivity index (χ4n) is 2.02. The molecule has 0 aliphatic heterocycles. The first-order chi connectivity index (χ1) is 8.08. The molecule has 0 saturated carbocycles. The maximum absolute atomic E-state index is 12.0. The van der Waals surface area contributed by atoms with Gasteiger partial charge in [0.2, 0.25) is 0 Å². The zero-order valence-electron chi connectivity index (χ0n) is 10.0. The molecule has 1 aromatic rings. The lowest BCUT2D eigenvalue weighted by atomic mass is 10.2. The molecule has 3 heteroatoms. The summed E-state index contributed by atoms with van der Waals surface area (Å²) in [6.45, 7) is 4.04. The van der Waals surface area contributed by atoms with Crippen molar-refractivity contribution in [2.45, 2.75) is 33.1 Å². The second-order valence-corrected chi connectivity index (χ2v) is 5.60. The lowest BCUT2D eigenvalue weighted by Crippen LogP contribution is -2.11.